The summed E-state index contributed by atoms with van der Waals surface area (Å²) >= 11 is 0. The molecule has 1 aromatic rings. The molecule has 2 aliphatic heterocycles. The molecule has 2 heterocycles. The number of aliphatic hydroxyl groups is 1. The first-order chi connectivity index (χ1) is 13.5. The van der Waals surface area contributed by atoms with Gasteiger partial charge in [0.15, 0.2) is 0 Å². The van der Waals surface area contributed by atoms with Crippen molar-refractivity contribution in [2.45, 2.75) is 45.3 Å². The lowest BCUT2D eigenvalue weighted by Crippen LogP contribution is -2.53. The predicted molar refractivity (Wildman–Crippen MR) is 111 cm³/mol. The molecule has 0 radical (unpaired) electrons. The van der Waals surface area contributed by atoms with E-state index in [9.17, 15) is 9.90 Å². The van der Waals surface area contributed by atoms with E-state index in [1.54, 1.807) is 0 Å². The number of piperidine rings is 1. The molecule has 156 valence electrons. The first kappa shape index (κ1) is 21.1. The van der Waals surface area contributed by atoms with E-state index in [4.69, 9.17) is 4.74 Å². The van der Waals surface area contributed by atoms with Crippen molar-refractivity contribution in [1.29, 1.82) is 0 Å². The van der Waals surface area contributed by atoms with Gasteiger partial charge < -0.3 is 14.7 Å². The number of hydrogen-bond acceptors (Lipinski definition) is 5. The number of carbonyl (C=O) groups excluding carboxylic acids is 1. The van der Waals surface area contributed by atoms with Crippen molar-refractivity contribution < 1.29 is 14.6 Å². The van der Waals surface area contributed by atoms with Crippen LogP contribution in [0.4, 0.5) is 0 Å². The number of aliphatic hydroxyl groups excluding tert-OH is 1. The molecular formula is C22H35N3O3. The molecule has 1 amide bonds. The van der Waals surface area contributed by atoms with E-state index in [1.807, 2.05) is 31.2 Å². The number of benzene rings is 1. The average Bonchev–Trinajstić information content (AvgIpc) is 2.69. The molecule has 2 atom stereocenters. The van der Waals surface area contributed by atoms with Gasteiger partial charge in [0.2, 0.25) is 5.91 Å². The largest absolute Gasteiger partial charge is 0.491 e. The minimum absolute atomic E-state index is 0.271. The third-order valence-corrected chi connectivity index (χ3v) is 5.88. The van der Waals surface area contributed by atoms with E-state index in [0.717, 1.165) is 51.3 Å². The summed E-state index contributed by atoms with van der Waals surface area (Å²) in [6.07, 6.45) is 2.98. The van der Waals surface area contributed by atoms with E-state index < -0.39 is 6.10 Å². The van der Waals surface area contributed by atoms with Gasteiger partial charge in [-0.15, -0.1) is 0 Å². The molecule has 0 saturated carbocycles. The van der Waals surface area contributed by atoms with Gasteiger partial charge in [0.05, 0.1) is 6.54 Å². The van der Waals surface area contributed by atoms with Crippen LogP contribution in [0.3, 0.4) is 0 Å². The highest BCUT2D eigenvalue weighted by Gasteiger charge is 2.26. The van der Waals surface area contributed by atoms with Crippen molar-refractivity contribution >= 4 is 5.91 Å². The van der Waals surface area contributed by atoms with E-state index in [2.05, 4.69) is 21.6 Å². The Labute approximate surface area is 169 Å². The molecule has 0 spiro atoms. The second kappa shape index (κ2) is 10.2. The molecule has 2 aliphatic rings. The summed E-state index contributed by atoms with van der Waals surface area (Å²) in [7, 11) is 0. The van der Waals surface area contributed by atoms with Gasteiger partial charge in [0, 0.05) is 45.3 Å². The number of rotatable bonds is 7. The van der Waals surface area contributed by atoms with Crippen molar-refractivity contribution in [2.24, 2.45) is 0 Å². The summed E-state index contributed by atoms with van der Waals surface area (Å²) in [6, 6.07) is 8.26. The molecule has 0 bridgehead atoms. The Kier molecular flexibility index (Phi) is 7.71. The zero-order valence-corrected chi connectivity index (χ0v) is 17.3. The lowest BCUT2D eigenvalue weighted by molar-refractivity contribution is -0.136. The van der Waals surface area contributed by atoms with E-state index >= 15 is 0 Å². The van der Waals surface area contributed by atoms with Crippen LogP contribution in [0.2, 0.25) is 0 Å². The molecular weight excluding hydrogens is 354 g/mol. The van der Waals surface area contributed by atoms with Crippen molar-refractivity contribution in [3.8, 4) is 5.75 Å². The number of likely N-dealkylation sites (tertiary alicyclic amines) is 1. The van der Waals surface area contributed by atoms with Crippen molar-refractivity contribution in [3.05, 3.63) is 29.8 Å². The smallest absolute Gasteiger partial charge is 0.236 e. The quantitative estimate of drug-likeness (QED) is 0.770. The van der Waals surface area contributed by atoms with Gasteiger partial charge in [-0.3, -0.25) is 14.6 Å². The van der Waals surface area contributed by atoms with E-state index in [0.29, 0.717) is 25.7 Å². The summed E-state index contributed by atoms with van der Waals surface area (Å²) in [5.74, 6) is 1.06. The average molecular weight is 390 g/mol. The van der Waals surface area contributed by atoms with Crippen LogP contribution in [-0.2, 0) is 4.79 Å². The molecule has 0 aromatic heterocycles. The van der Waals surface area contributed by atoms with Gasteiger partial charge >= 0.3 is 0 Å². The minimum atomic E-state index is -0.510. The lowest BCUT2D eigenvalue weighted by atomic mass is 10.0. The summed E-state index contributed by atoms with van der Waals surface area (Å²) in [4.78, 5) is 19.2. The second-order valence-corrected chi connectivity index (χ2v) is 8.29. The Hall–Kier alpha value is -1.63. The van der Waals surface area contributed by atoms with Crippen LogP contribution in [-0.4, -0.2) is 90.3 Å². The zero-order valence-electron chi connectivity index (χ0n) is 17.3. The highest BCUT2D eigenvalue weighted by Crippen LogP contribution is 2.17. The maximum atomic E-state index is 12.6. The number of piperazine rings is 1. The standard InChI is InChI=1S/C22H35N3O3/c1-18-6-8-21(9-7-18)28-17-20(26)15-23-11-13-24(14-12-23)16-22(27)25-10-4-3-5-19(25)2/h6-9,19-20,26H,3-5,10-17H2,1-2H3. The Balaban J connectivity index is 1.34. The third-order valence-electron chi connectivity index (χ3n) is 5.88. The highest BCUT2D eigenvalue weighted by atomic mass is 16.5. The lowest BCUT2D eigenvalue weighted by Gasteiger charge is -2.38. The van der Waals surface area contributed by atoms with Crippen molar-refractivity contribution in [3.63, 3.8) is 0 Å². The molecule has 28 heavy (non-hydrogen) atoms. The molecule has 2 fully saturated rings. The van der Waals surface area contributed by atoms with Crippen LogP contribution in [0.25, 0.3) is 0 Å². The second-order valence-electron chi connectivity index (χ2n) is 8.29. The van der Waals surface area contributed by atoms with Gasteiger partial charge in [-0.1, -0.05) is 17.7 Å². The normalized spacial score (nSPS) is 22.8. The molecule has 2 saturated heterocycles. The van der Waals surface area contributed by atoms with Crippen LogP contribution in [0.15, 0.2) is 24.3 Å². The number of hydrogen-bond donors (Lipinski definition) is 1. The fourth-order valence-electron chi connectivity index (χ4n) is 4.06. The summed E-state index contributed by atoms with van der Waals surface area (Å²) in [6.45, 7) is 10.1. The Morgan fingerprint density at radius 1 is 1.11 bits per heavy atom. The summed E-state index contributed by atoms with van der Waals surface area (Å²) in [5.41, 5.74) is 1.19. The molecule has 3 rings (SSSR count). The Morgan fingerprint density at radius 3 is 2.46 bits per heavy atom. The highest BCUT2D eigenvalue weighted by molar-refractivity contribution is 5.78. The van der Waals surface area contributed by atoms with Gasteiger partial charge in [-0.25, -0.2) is 0 Å². The van der Waals surface area contributed by atoms with Gasteiger partial charge in [0.1, 0.15) is 18.5 Å². The number of amides is 1. The number of carbonyl (C=O) groups is 1. The van der Waals surface area contributed by atoms with Crippen LogP contribution >= 0.6 is 0 Å². The molecule has 2 unspecified atom stereocenters. The van der Waals surface area contributed by atoms with Crippen LogP contribution in [0, 0.1) is 6.92 Å². The Morgan fingerprint density at radius 2 is 1.79 bits per heavy atom. The molecule has 6 heteroatoms. The van der Waals surface area contributed by atoms with E-state index in [1.165, 1.54) is 12.0 Å². The maximum Gasteiger partial charge on any atom is 0.236 e. The number of aryl methyl sites for hydroxylation is 1. The topological polar surface area (TPSA) is 56.3 Å². The van der Waals surface area contributed by atoms with Crippen LogP contribution in [0.1, 0.15) is 31.7 Å². The van der Waals surface area contributed by atoms with Crippen LogP contribution < -0.4 is 4.74 Å². The predicted octanol–water partition coefficient (Wildman–Crippen LogP) is 1.75. The molecule has 1 N–H and O–H groups in total. The first-order valence-electron chi connectivity index (χ1n) is 10.6. The maximum absolute atomic E-state index is 12.6. The molecule has 1 aromatic carbocycles. The Bertz CT molecular complexity index is 614. The number of β-amino-alcohol motifs (C(OH)–C–C–N with tert-alkyl or cyclic N) is 1. The van der Waals surface area contributed by atoms with Gasteiger partial charge in [-0.05, 0) is 45.2 Å². The van der Waals surface area contributed by atoms with Crippen molar-refractivity contribution in [1.82, 2.24) is 14.7 Å². The zero-order chi connectivity index (χ0) is 19.9. The summed E-state index contributed by atoms with van der Waals surface area (Å²) in [5, 5.41) is 10.3. The minimum Gasteiger partial charge on any atom is -0.491 e. The fraction of sp³-hybridized carbons (Fsp3) is 0.682. The molecule has 0 aliphatic carbocycles. The van der Waals surface area contributed by atoms with Gasteiger partial charge in [-0.2, -0.15) is 0 Å². The van der Waals surface area contributed by atoms with Crippen molar-refractivity contribution in [2.75, 3.05) is 52.4 Å². The molecule has 6 nitrogen and oxygen atoms in total. The first-order valence-corrected chi connectivity index (χ1v) is 10.6. The number of ether oxygens (including phenoxy) is 1. The summed E-state index contributed by atoms with van der Waals surface area (Å²) < 4.78 is 5.68. The fourth-order valence-corrected chi connectivity index (χ4v) is 4.06. The number of nitrogens with zero attached hydrogens (tertiary/aromatic N) is 3. The van der Waals surface area contributed by atoms with Gasteiger partial charge in [0.25, 0.3) is 0 Å². The monoisotopic (exact) mass is 389 g/mol. The third kappa shape index (κ3) is 6.19. The SMILES string of the molecule is Cc1ccc(OCC(O)CN2CCN(CC(=O)N3CCCCC3C)CC2)cc1. The van der Waals surface area contributed by atoms with Crippen LogP contribution in [0.5, 0.6) is 5.75 Å². The van der Waals surface area contributed by atoms with E-state index in [-0.39, 0.29) is 5.91 Å².